The summed E-state index contributed by atoms with van der Waals surface area (Å²) in [6.07, 6.45) is -3.60. The lowest BCUT2D eigenvalue weighted by Crippen LogP contribution is -2.81. The monoisotopic (exact) mass is 656 g/mol. The third-order valence-electron chi connectivity index (χ3n) is 11.1. The van der Waals surface area contributed by atoms with Crippen molar-refractivity contribution in [2.24, 2.45) is 22.7 Å². The molecule has 10 nitrogen and oxygen atoms in total. The molecule has 11 heteroatoms. The second kappa shape index (κ2) is 11.4. The van der Waals surface area contributed by atoms with Crippen LogP contribution in [0, 0.1) is 22.7 Å². The van der Waals surface area contributed by atoms with Gasteiger partial charge < -0.3 is 28.5 Å². The van der Waals surface area contributed by atoms with Gasteiger partial charge in [0.1, 0.15) is 17.8 Å². The highest BCUT2D eigenvalue weighted by molar-refractivity contribution is 6.69. The number of carbonyl (C=O) groups is 4. The van der Waals surface area contributed by atoms with E-state index in [1.165, 1.54) is 13.8 Å². The fraction of sp³-hybridized carbons (Fsp3) is 0.657. The van der Waals surface area contributed by atoms with Gasteiger partial charge in [-0.25, -0.2) is 4.79 Å². The molecule has 0 radical (unpaired) electrons. The van der Waals surface area contributed by atoms with Crippen LogP contribution in [0.4, 0.5) is 0 Å². The molecule has 0 spiro atoms. The van der Waals surface area contributed by atoms with E-state index in [1.54, 1.807) is 44.2 Å². The van der Waals surface area contributed by atoms with Gasteiger partial charge in [0, 0.05) is 36.7 Å². The third-order valence-corrected chi connectivity index (χ3v) is 12.1. The Kier molecular flexibility index (Phi) is 8.53. The molecule has 1 aromatic rings. The molecule has 3 aliphatic carbocycles. The number of ether oxygens (including phenoxy) is 4. The van der Waals surface area contributed by atoms with Crippen molar-refractivity contribution in [2.45, 2.75) is 117 Å². The van der Waals surface area contributed by atoms with E-state index in [0.29, 0.717) is 12.0 Å². The highest BCUT2D eigenvalue weighted by Gasteiger charge is 2.77. The van der Waals surface area contributed by atoms with Crippen molar-refractivity contribution >= 4 is 32.0 Å². The Morgan fingerprint density at radius 1 is 1.00 bits per heavy atom. The predicted octanol–water partition coefficient (Wildman–Crippen LogP) is 4.79. The smallest absolute Gasteiger partial charge is 0.338 e. The quantitative estimate of drug-likeness (QED) is 0.259. The lowest BCUT2D eigenvalue weighted by Gasteiger charge is -2.68. The molecule has 1 heterocycles. The second-order valence-corrected chi connectivity index (χ2v) is 19.9. The van der Waals surface area contributed by atoms with Crippen LogP contribution >= 0.6 is 0 Å². The van der Waals surface area contributed by atoms with E-state index in [-0.39, 0.29) is 30.1 Å². The lowest BCUT2D eigenvalue weighted by molar-refractivity contribution is -0.351. The Labute approximate surface area is 272 Å². The summed E-state index contributed by atoms with van der Waals surface area (Å²) in [6.45, 7) is 17.7. The largest absolute Gasteiger partial charge is 0.455 e. The topological polar surface area (TPSA) is 135 Å². The zero-order chi connectivity index (χ0) is 34.2. The standard InChI is InChI=1S/C35H48O10Si/c1-19-16-25-34(18-41-25,44-22(4)37)28-30(43-31(39)23-14-12-11-13-15-23)35(40)17-24(45-46(8,9)10)20(2)26(32(35,5)6)27(38)29(33(19,28)7)42-21(3)36/h11-15,19,24-25,28-30,40H,16-18H2,1-10H3/t19-,24-,25+,28?,29+,30-,33+,34-,35+/m0/s1. The Morgan fingerprint density at radius 3 is 2.15 bits per heavy atom. The van der Waals surface area contributed by atoms with E-state index >= 15 is 4.79 Å². The first-order valence-corrected chi connectivity index (χ1v) is 19.5. The van der Waals surface area contributed by atoms with Crippen molar-refractivity contribution in [1.82, 2.24) is 0 Å². The molecule has 1 aliphatic heterocycles. The van der Waals surface area contributed by atoms with Crippen molar-refractivity contribution in [3.63, 3.8) is 0 Å². The molecule has 1 saturated heterocycles. The predicted molar refractivity (Wildman–Crippen MR) is 170 cm³/mol. The van der Waals surface area contributed by atoms with Crippen molar-refractivity contribution < 1.29 is 47.7 Å². The minimum atomic E-state index is -2.26. The van der Waals surface area contributed by atoms with Crippen molar-refractivity contribution in [3.8, 4) is 0 Å². The molecular formula is C35H48O10Si. The molecule has 1 aromatic carbocycles. The van der Waals surface area contributed by atoms with Gasteiger partial charge in [-0.2, -0.15) is 0 Å². The molecule has 2 saturated carbocycles. The molecule has 0 aromatic heterocycles. The molecule has 1 N–H and O–H groups in total. The highest BCUT2D eigenvalue weighted by atomic mass is 28.4. The van der Waals surface area contributed by atoms with Crippen molar-refractivity contribution in [2.75, 3.05) is 6.61 Å². The fourth-order valence-corrected chi connectivity index (χ4v) is 9.93. The minimum Gasteiger partial charge on any atom is -0.455 e. The average molecular weight is 657 g/mol. The summed E-state index contributed by atoms with van der Waals surface area (Å²) in [4.78, 5) is 54.8. The van der Waals surface area contributed by atoms with E-state index in [1.807, 2.05) is 40.4 Å². The molecule has 4 aliphatic rings. The maximum absolute atomic E-state index is 15.1. The molecule has 5 rings (SSSR count). The van der Waals surface area contributed by atoms with E-state index < -0.39 is 84.4 Å². The normalized spacial score (nSPS) is 38.3. The number of hydrogen-bond donors (Lipinski definition) is 1. The van der Waals surface area contributed by atoms with E-state index in [2.05, 4.69) is 0 Å². The van der Waals surface area contributed by atoms with E-state index in [4.69, 9.17) is 23.4 Å². The van der Waals surface area contributed by atoms with Crippen LogP contribution in [0.25, 0.3) is 0 Å². The van der Waals surface area contributed by atoms with E-state index in [9.17, 15) is 19.5 Å². The maximum atomic E-state index is 15.1. The zero-order valence-corrected chi connectivity index (χ0v) is 29.6. The maximum Gasteiger partial charge on any atom is 0.338 e. The van der Waals surface area contributed by atoms with Crippen LogP contribution in [0.1, 0.15) is 71.7 Å². The molecule has 0 amide bonds. The first-order valence-electron chi connectivity index (χ1n) is 16.1. The van der Waals surface area contributed by atoms with Crippen LogP contribution in [-0.2, 0) is 37.8 Å². The number of carbonyl (C=O) groups excluding carboxylic acids is 4. The van der Waals surface area contributed by atoms with Gasteiger partial charge in [-0.1, -0.05) is 45.9 Å². The van der Waals surface area contributed by atoms with Crippen LogP contribution in [-0.4, -0.2) is 79.3 Å². The first kappa shape index (κ1) is 34.5. The summed E-state index contributed by atoms with van der Waals surface area (Å²) in [6, 6.07) is 8.46. The zero-order valence-electron chi connectivity index (χ0n) is 28.6. The minimum absolute atomic E-state index is 0.0144. The Bertz CT molecular complexity index is 1460. The fourth-order valence-electron chi connectivity index (χ4n) is 8.81. The summed E-state index contributed by atoms with van der Waals surface area (Å²) in [5.41, 5.74) is -4.68. The average Bonchev–Trinajstić information content (AvgIpc) is 2.93. The SMILES string of the molecule is CC(=O)O[C@@H]1C(=O)C2=C(C)[C@@H](O[Si](C)(C)C)C[C@@](O)([C@@H](OC(=O)c3ccccc3)C3[C@@]1(C)[C@@H](C)C[C@H]1OC[C@@]31OC(C)=O)C2(C)C. The number of aliphatic hydroxyl groups is 1. The van der Waals surface area contributed by atoms with Crippen molar-refractivity contribution in [3.05, 3.63) is 47.0 Å². The molecule has 2 bridgehead atoms. The number of Topliss-reactive ketones (excluding diaryl/α,β-unsaturated/α-hetero) is 1. The van der Waals surface area contributed by atoms with Gasteiger partial charge in [0.05, 0.1) is 24.2 Å². The van der Waals surface area contributed by atoms with Gasteiger partial charge in [0.25, 0.3) is 0 Å². The highest BCUT2D eigenvalue weighted by Crippen LogP contribution is 2.66. The number of esters is 3. The van der Waals surface area contributed by atoms with Gasteiger partial charge in [0.2, 0.25) is 5.78 Å². The van der Waals surface area contributed by atoms with Crippen LogP contribution in [0.2, 0.25) is 19.6 Å². The van der Waals surface area contributed by atoms with E-state index in [0.717, 1.165) is 0 Å². The lowest BCUT2D eigenvalue weighted by atomic mass is 9.43. The Balaban J connectivity index is 1.87. The van der Waals surface area contributed by atoms with Gasteiger partial charge in [-0.05, 0) is 56.6 Å². The molecular weight excluding hydrogens is 608 g/mol. The second-order valence-electron chi connectivity index (χ2n) is 15.4. The van der Waals surface area contributed by atoms with Gasteiger partial charge in [-0.15, -0.1) is 0 Å². The van der Waals surface area contributed by atoms with Crippen LogP contribution in [0.15, 0.2) is 41.5 Å². The summed E-state index contributed by atoms with van der Waals surface area (Å²) < 4.78 is 31.4. The Hall–Kier alpha value is -2.86. The van der Waals surface area contributed by atoms with Crippen LogP contribution < -0.4 is 0 Å². The number of hydrogen-bond acceptors (Lipinski definition) is 10. The molecule has 252 valence electrons. The molecule has 46 heavy (non-hydrogen) atoms. The number of ketones is 1. The number of rotatable bonds is 6. The summed E-state index contributed by atoms with van der Waals surface area (Å²) in [5, 5.41) is 13.4. The Morgan fingerprint density at radius 2 is 1.63 bits per heavy atom. The van der Waals surface area contributed by atoms with Crippen LogP contribution in [0.3, 0.4) is 0 Å². The summed E-state index contributed by atoms with van der Waals surface area (Å²) in [7, 11) is -2.26. The number of benzene rings is 1. The summed E-state index contributed by atoms with van der Waals surface area (Å²) in [5.74, 6) is -3.75. The summed E-state index contributed by atoms with van der Waals surface area (Å²) >= 11 is 0. The van der Waals surface area contributed by atoms with Gasteiger partial charge >= 0.3 is 17.9 Å². The van der Waals surface area contributed by atoms with Crippen LogP contribution in [0.5, 0.6) is 0 Å². The first-order chi connectivity index (χ1) is 21.2. The van der Waals surface area contributed by atoms with Gasteiger partial charge in [-0.3, -0.25) is 14.4 Å². The molecule has 9 atom stereocenters. The van der Waals surface area contributed by atoms with Gasteiger partial charge in [0.15, 0.2) is 20.0 Å². The van der Waals surface area contributed by atoms with Crippen molar-refractivity contribution in [1.29, 1.82) is 0 Å². The third kappa shape index (κ3) is 5.18. The molecule has 3 fully saturated rings. The number of fused-ring (bicyclic) bond motifs is 5. The molecule has 1 unspecified atom stereocenters.